The summed E-state index contributed by atoms with van der Waals surface area (Å²) in [6, 6.07) is 16.8. The molecule has 3 aromatic rings. The molecule has 0 radical (unpaired) electrons. The Labute approximate surface area is 140 Å². The normalized spacial score (nSPS) is 12.5. The number of nitrogens with one attached hydrogen (secondary N) is 1. The molecule has 0 saturated carbocycles. The maximum atomic E-state index is 4.44. The predicted octanol–water partition coefficient (Wildman–Crippen LogP) is 5.07. The highest BCUT2D eigenvalue weighted by Gasteiger charge is 2.15. The minimum Gasteiger partial charge on any atom is -0.309 e. The van der Waals surface area contributed by atoms with Gasteiger partial charge in [0.15, 0.2) is 0 Å². The van der Waals surface area contributed by atoms with Crippen molar-refractivity contribution in [2.45, 2.75) is 6.04 Å². The molecule has 0 amide bonds. The maximum absolute atomic E-state index is 4.44. The van der Waals surface area contributed by atoms with Gasteiger partial charge < -0.3 is 5.32 Å². The summed E-state index contributed by atoms with van der Waals surface area (Å²) in [4.78, 5) is 4.44. The summed E-state index contributed by atoms with van der Waals surface area (Å²) in [7, 11) is 1.97. The van der Waals surface area contributed by atoms with E-state index in [4.69, 9.17) is 0 Å². The second kappa shape index (κ2) is 6.26. The van der Waals surface area contributed by atoms with Crippen LogP contribution in [-0.2, 0) is 0 Å². The van der Waals surface area contributed by atoms with Gasteiger partial charge in [-0.2, -0.15) is 0 Å². The SMILES string of the molecule is CNC(c1ccc2cccnc2c1)c1ccc(Br)cc1Br. The summed E-state index contributed by atoms with van der Waals surface area (Å²) in [5.41, 5.74) is 3.42. The lowest BCUT2D eigenvalue weighted by Crippen LogP contribution is -2.18. The minimum atomic E-state index is 0.124. The van der Waals surface area contributed by atoms with E-state index >= 15 is 0 Å². The average molecular weight is 406 g/mol. The van der Waals surface area contributed by atoms with Gasteiger partial charge in [-0.25, -0.2) is 0 Å². The first-order valence-corrected chi connectivity index (χ1v) is 8.24. The number of hydrogen-bond donors (Lipinski definition) is 1. The van der Waals surface area contributed by atoms with Crippen LogP contribution < -0.4 is 5.32 Å². The van der Waals surface area contributed by atoms with Crippen molar-refractivity contribution in [3.63, 3.8) is 0 Å². The molecule has 2 aromatic carbocycles. The smallest absolute Gasteiger partial charge is 0.0705 e. The lowest BCUT2D eigenvalue weighted by atomic mass is 9.98. The molecule has 0 spiro atoms. The van der Waals surface area contributed by atoms with Gasteiger partial charge in [0.25, 0.3) is 0 Å². The Balaban J connectivity index is 2.09. The highest BCUT2D eigenvalue weighted by Crippen LogP contribution is 2.31. The van der Waals surface area contributed by atoms with Crippen molar-refractivity contribution >= 4 is 42.8 Å². The molecule has 3 rings (SSSR count). The average Bonchev–Trinajstić information content (AvgIpc) is 2.50. The summed E-state index contributed by atoms with van der Waals surface area (Å²) < 4.78 is 2.14. The number of halogens is 2. The summed E-state index contributed by atoms with van der Waals surface area (Å²) in [5, 5.41) is 4.54. The molecule has 21 heavy (non-hydrogen) atoms. The Morgan fingerprint density at radius 2 is 1.90 bits per heavy atom. The van der Waals surface area contributed by atoms with Crippen molar-refractivity contribution in [1.29, 1.82) is 0 Å². The van der Waals surface area contributed by atoms with Crippen LogP contribution in [0.2, 0.25) is 0 Å². The number of hydrogen-bond acceptors (Lipinski definition) is 2. The lowest BCUT2D eigenvalue weighted by molar-refractivity contribution is 0.689. The van der Waals surface area contributed by atoms with E-state index in [1.807, 2.05) is 19.3 Å². The van der Waals surface area contributed by atoms with Crippen molar-refractivity contribution in [3.05, 3.63) is 74.8 Å². The van der Waals surface area contributed by atoms with Crippen LogP contribution in [0, 0.1) is 0 Å². The largest absolute Gasteiger partial charge is 0.309 e. The van der Waals surface area contributed by atoms with Gasteiger partial charge in [0, 0.05) is 20.5 Å². The van der Waals surface area contributed by atoms with Gasteiger partial charge in [-0.15, -0.1) is 0 Å². The third kappa shape index (κ3) is 3.03. The maximum Gasteiger partial charge on any atom is 0.0705 e. The molecule has 0 aliphatic heterocycles. The zero-order valence-electron chi connectivity index (χ0n) is 11.5. The standard InChI is InChI=1S/C17H14Br2N2/c1-20-17(14-7-6-13(18)10-15(14)19)12-5-4-11-3-2-8-21-16(11)9-12/h2-10,17,20H,1H3. The second-order valence-electron chi connectivity index (χ2n) is 4.84. The number of pyridine rings is 1. The van der Waals surface area contributed by atoms with Gasteiger partial charge in [0.05, 0.1) is 11.6 Å². The van der Waals surface area contributed by atoms with E-state index in [1.165, 1.54) is 11.1 Å². The highest BCUT2D eigenvalue weighted by molar-refractivity contribution is 9.11. The molecule has 4 heteroatoms. The van der Waals surface area contributed by atoms with Crippen LogP contribution in [0.15, 0.2) is 63.7 Å². The van der Waals surface area contributed by atoms with E-state index < -0.39 is 0 Å². The van der Waals surface area contributed by atoms with Gasteiger partial charge >= 0.3 is 0 Å². The number of nitrogens with zero attached hydrogens (tertiary/aromatic N) is 1. The summed E-state index contributed by atoms with van der Waals surface area (Å²) >= 11 is 7.15. The summed E-state index contributed by atoms with van der Waals surface area (Å²) in [6.07, 6.45) is 1.83. The van der Waals surface area contributed by atoms with E-state index in [0.29, 0.717) is 0 Å². The first-order chi connectivity index (χ1) is 10.2. The molecule has 1 aromatic heterocycles. The lowest BCUT2D eigenvalue weighted by Gasteiger charge is -2.19. The molecule has 0 aliphatic carbocycles. The van der Waals surface area contributed by atoms with E-state index in [2.05, 4.69) is 84.6 Å². The molecule has 1 unspecified atom stereocenters. The molecule has 1 heterocycles. The number of aromatic nitrogens is 1. The van der Waals surface area contributed by atoms with Crippen molar-refractivity contribution in [3.8, 4) is 0 Å². The zero-order valence-corrected chi connectivity index (χ0v) is 14.6. The fourth-order valence-corrected chi connectivity index (χ4v) is 3.78. The van der Waals surface area contributed by atoms with E-state index in [9.17, 15) is 0 Å². The molecule has 0 aliphatic rings. The predicted molar refractivity (Wildman–Crippen MR) is 94.5 cm³/mol. The number of fused-ring (bicyclic) bond motifs is 1. The summed E-state index contributed by atoms with van der Waals surface area (Å²) in [6.45, 7) is 0. The van der Waals surface area contributed by atoms with Crippen molar-refractivity contribution in [1.82, 2.24) is 10.3 Å². The molecule has 1 atom stereocenters. The zero-order chi connectivity index (χ0) is 14.8. The molecule has 2 nitrogen and oxygen atoms in total. The fourth-order valence-electron chi connectivity index (χ4n) is 2.50. The number of benzene rings is 2. The Kier molecular flexibility index (Phi) is 4.38. The quantitative estimate of drug-likeness (QED) is 0.657. The van der Waals surface area contributed by atoms with Gasteiger partial charge in [-0.1, -0.05) is 56.1 Å². The highest BCUT2D eigenvalue weighted by atomic mass is 79.9. The summed E-state index contributed by atoms with van der Waals surface area (Å²) in [5.74, 6) is 0. The fraction of sp³-hybridized carbons (Fsp3) is 0.118. The molecule has 0 fully saturated rings. The second-order valence-corrected chi connectivity index (χ2v) is 6.61. The van der Waals surface area contributed by atoms with Crippen molar-refractivity contribution in [2.75, 3.05) is 7.05 Å². The first-order valence-electron chi connectivity index (χ1n) is 6.66. The third-order valence-electron chi connectivity index (χ3n) is 3.53. The Morgan fingerprint density at radius 3 is 2.67 bits per heavy atom. The monoisotopic (exact) mass is 404 g/mol. The van der Waals surface area contributed by atoms with Crippen LogP contribution >= 0.6 is 31.9 Å². The van der Waals surface area contributed by atoms with Crippen molar-refractivity contribution < 1.29 is 0 Å². The molecular formula is C17H14Br2N2. The Hall–Kier alpha value is -1.23. The third-order valence-corrected chi connectivity index (χ3v) is 4.71. The molecule has 1 N–H and O–H groups in total. The van der Waals surface area contributed by atoms with E-state index in [1.54, 1.807) is 0 Å². The first kappa shape index (κ1) is 14.7. The van der Waals surface area contributed by atoms with Crippen LogP contribution in [0.1, 0.15) is 17.2 Å². The molecule has 0 bridgehead atoms. The Bertz CT molecular complexity index is 787. The molecular weight excluding hydrogens is 392 g/mol. The Morgan fingerprint density at radius 1 is 1.05 bits per heavy atom. The van der Waals surface area contributed by atoms with Crippen LogP contribution in [-0.4, -0.2) is 12.0 Å². The van der Waals surface area contributed by atoms with Gasteiger partial charge in [0.2, 0.25) is 0 Å². The van der Waals surface area contributed by atoms with Crippen molar-refractivity contribution in [2.24, 2.45) is 0 Å². The van der Waals surface area contributed by atoms with E-state index in [-0.39, 0.29) is 6.04 Å². The van der Waals surface area contributed by atoms with Gasteiger partial charge in [-0.05, 0) is 42.4 Å². The van der Waals surface area contributed by atoms with Crippen LogP contribution in [0.5, 0.6) is 0 Å². The minimum absolute atomic E-state index is 0.124. The van der Waals surface area contributed by atoms with Gasteiger partial charge in [-0.3, -0.25) is 4.98 Å². The van der Waals surface area contributed by atoms with E-state index in [0.717, 1.165) is 19.8 Å². The molecule has 106 valence electrons. The topological polar surface area (TPSA) is 24.9 Å². The number of rotatable bonds is 3. The van der Waals surface area contributed by atoms with Crippen LogP contribution in [0.3, 0.4) is 0 Å². The van der Waals surface area contributed by atoms with Crippen LogP contribution in [0.4, 0.5) is 0 Å². The van der Waals surface area contributed by atoms with Gasteiger partial charge in [0.1, 0.15) is 0 Å². The molecule has 0 saturated heterocycles. The van der Waals surface area contributed by atoms with Crippen LogP contribution in [0.25, 0.3) is 10.9 Å².